The van der Waals surface area contributed by atoms with E-state index in [4.69, 9.17) is 14.6 Å². The summed E-state index contributed by atoms with van der Waals surface area (Å²) in [7, 11) is 1.55. The fourth-order valence-corrected chi connectivity index (χ4v) is 2.67. The van der Waals surface area contributed by atoms with Crippen LogP contribution in [0.2, 0.25) is 0 Å². The molecule has 1 heterocycles. The van der Waals surface area contributed by atoms with Gasteiger partial charge in [0.1, 0.15) is 5.01 Å². The second-order valence-corrected chi connectivity index (χ2v) is 6.59. The van der Waals surface area contributed by atoms with E-state index in [2.05, 4.69) is 24.1 Å². The number of hydrogen-bond acceptors (Lipinski definition) is 6. The number of aromatic nitrogens is 1. The third-order valence-electron chi connectivity index (χ3n) is 3.16. The summed E-state index contributed by atoms with van der Waals surface area (Å²) in [4.78, 5) is 16.5. The Bertz CT molecular complexity index is 685. The number of benzene rings is 1. The van der Waals surface area contributed by atoms with E-state index in [1.165, 1.54) is 11.3 Å². The van der Waals surface area contributed by atoms with Crippen molar-refractivity contribution in [3.05, 3.63) is 39.8 Å². The fourth-order valence-electron chi connectivity index (χ4n) is 1.95. The van der Waals surface area contributed by atoms with Crippen LogP contribution in [0.4, 0.5) is 0 Å². The highest BCUT2D eigenvalue weighted by Crippen LogP contribution is 2.28. The smallest absolute Gasteiger partial charge is 0.251 e. The number of hydrogen-bond donors (Lipinski definition) is 2. The predicted octanol–water partition coefficient (Wildman–Crippen LogP) is 2.61. The molecule has 0 bridgehead atoms. The number of carbonyl (C=O) groups excluding carboxylic acids is 1. The average Bonchev–Trinajstić information content (AvgIpc) is 3.05. The molecule has 0 radical (unpaired) electrons. The highest BCUT2D eigenvalue weighted by molar-refractivity contribution is 7.09. The van der Waals surface area contributed by atoms with Gasteiger partial charge in [0.25, 0.3) is 5.91 Å². The van der Waals surface area contributed by atoms with E-state index in [0.717, 1.165) is 5.01 Å². The van der Waals surface area contributed by atoms with Gasteiger partial charge in [-0.15, -0.1) is 11.3 Å². The van der Waals surface area contributed by atoms with Gasteiger partial charge >= 0.3 is 0 Å². The molecule has 24 heavy (non-hydrogen) atoms. The Balaban J connectivity index is 2.00. The van der Waals surface area contributed by atoms with Crippen molar-refractivity contribution in [3.63, 3.8) is 0 Å². The maximum atomic E-state index is 12.3. The van der Waals surface area contributed by atoms with E-state index < -0.39 is 0 Å². The standard InChI is InChI=1S/C17H22N2O4S/c1-11(2)9-23-14-5-4-12(6-15(14)22-3)17(21)18-7-16-19-13(8-20)10-24-16/h4-6,10-11,20H,7-9H2,1-3H3,(H,18,21). The number of aliphatic hydroxyl groups is 1. The van der Waals surface area contributed by atoms with Crippen molar-refractivity contribution >= 4 is 17.2 Å². The Morgan fingerprint density at radius 3 is 2.79 bits per heavy atom. The molecule has 0 atom stereocenters. The van der Waals surface area contributed by atoms with Crippen LogP contribution in [0.1, 0.15) is 34.9 Å². The lowest BCUT2D eigenvalue weighted by molar-refractivity contribution is 0.0950. The molecule has 0 saturated carbocycles. The number of thiazole rings is 1. The van der Waals surface area contributed by atoms with Gasteiger partial charge in [0.2, 0.25) is 0 Å². The molecule has 1 amide bonds. The number of ether oxygens (including phenoxy) is 2. The molecular formula is C17H22N2O4S. The molecule has 0 saturated heterocycles. The highest BCUT2D eigenvalue weighted by Gasteiger charge is 2.12. The Morgan fingerprint density at radius 1 is 1.38 bits per heavy atom. The number of nitrogens with one attached hydrogen (secondary N) is 1. The van der Waals surface area contributed by atoms with Crippen LogP contribution in [0, 0.1) is 5.92 Å². The van der Waals surface area contributed by atoms with Gasteiger partial charge in [0, 0.05) is 10.9 Å². The zero-order chi connectivity index (χ0) is 17.5. The summed E-state index contributed by atoms with van der Waals surface area (Å²) in [6.07, 6.45) is 0. The monoisotopic (exact) mass is 350 g/mol. The predicted molar refractivity (Wildman–Crippen MR) is 92.5 cm³/mol. The van der Waals surface area contributed by atoms with Crippen LogP contribution in [0.5, 0.6) is 11.5 Å². The molecule has 2 rings (SSSR count). The first-order chi connectivity index (χ1) is 11.5. The first-order valence-electron chi connectivity index (χ1n) is 7.66. The number of nitrogens with zero attached hydrogens (tertiary/aromatic N) is 1. The number of rotatable bonds is 8. The zero-order valence-electron chi connectivity index (χ0n) is 14.0. The molecule has 0 spiro atoms. The average molecular weight is 350 g/mol. The summed E-state index contributed by atoms with van der Waals surface area (Å²) in [6, 6.07) is 5.10. The molecule has 6 nitrogen and oxygen atoms in total. The number of aliphatic hydroxyl groups excluding tert-OH is 1. The van der Waals surface area contributed by atoms with E-state index >= 15 is 0 Å². The van der Waals surface area contributed by atoms with E-state index in [9.17, 15) is 4.79 Å². The van der Waals surface area contributed by atoms with Crippen LogP contribution in [0.3, 0.4) is 0 Å². The lowest BCUT2D eigenvalue weighted by Gasteiger charge is -2.13. The SMILES string of the molecule is COc1cc(C(=O)NCc2nc(CO)cs2)ccc1OCC(C)C. The zero-order valence-corrected chi connectivity index (χ0v) is 14.9. The van der Waals surface area contributed by atoms with E-state index in [1.807, 2.05) is 0 Å². The Labute approximate surface area is 145 Å². The Kier molecular flexibility index (Phi) is 6.57. The van der Waals surface area contributed by atoms with Gasteiger partial charge in [-0.3, -0.25) is 4.79 Å². The summed E-state index contributed by atoms with van der Waals surface area (Å²) >= 11 is 1.40. The van der Waals surface area contributed by atoms with Crippen LogP contribution in [0.25, 0.3) is 0 Å². The quantitative estimate of drug-likeness (QED) is 0.765. The van der Waals surface area contributed by atoms with Crippen molar-refractivity contribution in [2.45, 2.75) is 27.0 Å². The van der Waals surface area contributed by atoms with Crippen LogP contribution in [-0.2, 0) is 13.2 Å². The van der Waals surface area contributed by atoms with Crippen LogP contribution in [0.15, 0.2) is 23.6 Å². The van der Waals surface area contributed by atoms with Gasteiger partial charge in [-0.25, -0.2) is 4.98 Å². The summed E-state index contributed by atoms with van der Waals surface area (Å²) in [5, 5.41) is 14.3. The van der Waals surface area contributed by atoms with Gasteiger partial charge in [-0.1, -0.05) is 13.8 Å². The van der Waals surface area contributed by atoms with Gasteiger partial charge in [-0.2, -0.15) is 0 Å². The summed E-state index contributed by atoms with van der Waals surface area (Å²) in [5.41, 5.74) is 1.10. The lowest BCUT2D eigenvalue weighted by atomic mass is 10.2. The summed E-state index contributed by atoms with van der Waals surface area (Å²) in [5.74, 6) is 1.33. The maximum absolute atomic E-state index is 12.3. The molecule has 0 aliphatic carbocycles. The van der Waals surface area contributed by atoms with Gasteiger partial charge < -0.3 is 19.9 Å². The molecule has 1 aromatic heterocycles. The topological polar surface area (TPSA) is 80.7 Å². The third kappa shape index (κ3) is 4.94. The third-order valence-corrected chi connectivity index (χ3v) is 4.06. The highest BCUT2D eigenvalue weighted by atomic mass is 32.1. The normalized spacial score (nSPS) is 10.7. The number of carbonyl (C=O) groups is 1. The fraction of sp³-hybridized carbons (Fsp3) is 0.412. The largest absolute Gasteiger partial charge is 0.493 e. The molecular weight excluding hydrogens is 328 g/mol. The van der Waals surface area contributed by atoms with E-state index in [1.54, 1.807) is 30.7 Å². The molecule has 0 unspecified atom stereocenters. The Morgan fingerprint density at radius 2 is 2.17 bits per heavy atom. The second-order valence-electron chi connectivity index (χ2n) is 5.64. The van der Waals surface area contributed by atoms with Crippen molar-refractivity contribution in [2.75, 3.05) is 13.7 Å². The summed E-state index contributed by atoms with van der Waals surface area (Å²) in [6.45, 7) is 4.93. The van der Waals surface area contributed by atoms with Crippen molar-refractivity contribution in [3.8, 4) is 11.5 Å². The molecule has 0 aliphatic rings. The molecule has 0 fully saturated rings. The molecule has 1 aromatic carbocycles. The maximum Gasteiger partial charge on any atom is 0.251 e. The second kappa shape index (κ2) is 8.65. The summed E-state index contributed by atoms with van der Waals surface area (Å²) < 4.78 is 11.0. The van der Waals surface area contributed by atoms with Crippen molar-refractivity contribution in [1.29, 1.82) is 0 Å². The number of amides is 1. The molecule has 7 heteroatoms. The van der Waals surface area contributed by atoms with Crippen molar-refractivity contribution in [2.24, 2.45) is 5.92 Å². The van der Waals surface area contributed by atoms with Crippen LogP contribution in [-0.4, -0.2) is 29.7 Å². The van der Waals surface area contributed by atoms with Gasteiger partial charge in [0.15, 0.2) is 11.5 Å². The minimum Gasteiger partial charge on any atom is -0.493 e. The first-order valence-corrected chi connectivity index (χ1v) is 8.54. The minimum absolute atomic E-state index is 0.0977. The molecule has 130 valence electrons. The van der Waals surface area contributed by atoms with Crippen molar-refractivity contribution < 1.29 is 19.4 Å². The molecule has 0 aliphatic heterocycles. The molecule has 2 N–H and O–H groups in total. The van der Waals surface area contributed by atoms with E-state index in [0.29, 0.717) is 41.8 Å². The van der Waals surface area contributed by atoms with Gasteiger partial charge in [0.05, 0.1) is 32.6 Å². The molecule has 2 aromatic rings. The van der Waals surface area contributed by atoms with Crippen LogP contribution >= 0.6 is 11.3 Å². The van der Waals surface area contributed by atoms with Crippen molar-refractivity contribution in [1.82, 2.24) is 10.3 Å². The van der Waals surface area contributed by atoms with E-state index in [-0.39, 0.29) is 12.5 Å². The lowest BCUT2D eigenvalue weighted by Crippen LogP contribution is -2.22. The van der Waals surface area contributed by atoms with Gasteiger partial charge in [-0.05, 0) is 24.1 Å². The van der Waals surface area contributed by atoms with Crippen LogP contribution < -0.4 is 14.8 Å². The first kappa shape index (κ1) is 18.2. The minimum atomic E-state index is -0.218. The Hall–Kier alpha value is -2.12. The number of methoxy groups -OCH3 is 1.